The molecule has 0 aliphatic carbocycles. The van der Waals surface area contributed by atoms with Gasteiger partial charge in [0.25, 0.3) is 5.91 Å². The van der Waals surface area contributed by atoms with E-state index in [0.29, 0.717) is 5.75 Å². The number of rotatable bonds is 3. The molecule has 1 amide bonds. The van der Waals surface area contributed by atoms with Crippen molar-refractivity contribution in [3.8, 4) is 11.5 Å². The van der Waals surface area contributed by atoms with Crippen molar-refractivity contribution in [2.75, 3.05) is 26.8 Å². The molecule has 6 nitrogen and oxygen atoms in total. The van der Waals surface area contributed by atoms with Crippen LogP contribution in [0, 0.1) is 0 Å². The highest BCUT2D eigenvalue weighted by atomic mass is 35.5. The number of hydrogen-bond donors (Lipinski definition) is 3. The number of halogens is 1. The summed E-state index contributed by atoms with van der Waals surface area (Å²) in [6.45, 7) is 2.53. The van der Waals surface area contributed by atoms with E-state index in [4.69, 9.17) is 9.47 Å². The average molecular weight is 357 g/mol. The van der Waals surface area contributed by atoms with Crippen molar-refractivity contribution in [3.63, 3.8) is 0 Å². The maximum Gasteiger partial charge on any atom is 0.259 e. The number of benzene rings is 1. The SMILES string of the molecule is COc1cccc(O)c1C(=O)NC1CCCOC12CCNCC2.Cl. The fourth-order valence-electron chi connectivity index (χ4n) is 3.62. The second-order valence-corrected chi connectivity index (χ2v) is 6.19. The van der Waals surface area contributed by atoms with Crippen LogP contribution >= 0.6 is 12.4 Å². The summed E-state index contributed by atoms with van der Waals surface area (Å²) < 4.78 is 11.3. The standard InChI is InChI=1S/C17H24N2O4.ClH/c1-22-13-5-2-4-12(20)15(13)16(21)19-14-6-3-11-23-17(14)7-9-18-10-8-17;/h2,4-5,14,18,20H,3,6-11H2,1H3,(H,19,21);1H. The summed E-state index contributed by atoms with van der Waals surface area (Å²) in [6.07, 6.45) is 3.59. The minimum Gasteiger partial charge on any atom is -0.507 e. The molecule has 1 unspecified atom stereocenters. The number of aromatic hydroxyl groups is 1. The first kappa shape index (κ1) is 18.8. The van der Waals surface area contributed by atoms with Crippen LogP contribution in [0.4, 0.5) is 0 Å². The smallest absolute Gasteiger partial charge is 0.259 e. The van der Waals surface area contributed by atoms with E-state index in [9.17, 15) is 9.90 Å². The molecule has 2 aliphatic heterocycles. The summed E-state index contributed by atoms with van der Waals surface area (Å²) in [5, 5.41) is 16.5. The number of hydrogen-bond acceptors (Lipinski definition) is 5. The first-order chi connectivity index (χ1) is 11.2. The van der Waals surface area contributed by atoms with Crippen LogP contribution in [0.3, 0.4) is 0 Å². The molecule has 7 heteroatoms. The lowest BCUT2D eigenvalue weighted by molar-refractivity contribution is -0.114. The van der Waals surface area contributed by atoms with E-state index in [1.807, 2.05) is 0 Å². The summed E-state index contributed by atoms with van der Waals surface area (Å²) in [4.78, 5) is 12.7. The first-order valence-electron chi connectivity index (χ1n) is 8.18. The third kappa shape index (κ3) is 3.61. The molecule has 134 valence electrons. The molecule has 1 atom stereocenters. The predicted molar refractivity (Wildman–Crippen MR) is 93.2 cm³/mol. The zero-order valence-electron chi connectivity index (χ0n) is 13.8. The second kappa shape index (κ2) is 8.05. The van der Waals surface area contributed by atoms with Crippen molar-refractivity contribution in [1.29, 1.82) is 0 Å². The predicted octanol–water partition coefficient (Wildman–Crippen LogP) is 1.85. The fraction of sp³-hybridized carbons (Fsp3) is 0.588. The first-order valence-corrected chi connectivity index (χ1v) is 8.18. The van der Waals surface area contributed by atoms with E-state index in [1.165, 1.54) is 13.2 Å². The van der Waals surface area contributed by atoms with Crippen molar-refractivity contribution in [3.05, 3.63) is 23.8 Å². The number of carbonyl (C=O) groups excluding carboxylic acids is 1. The minimum absolute atomic E-state index is 0. The van der Waals surface area contributed by atoms with E-state index in [-0.39, 0.29) is 41.3 Å². The quantitative estimate of drug-likeness (QED) is 0.770. The van der Waals surface area contributed by atoms with Gasteiger partial charge in [0.2, 0.25) is 0 Å². The van der Waals surface area contributed by atoms with Gasteiger partial charge >= 0.3 is 0 Å². The van der Waals surface area contributed by atoms with Crippen LogP contribution in [0.5, 0.6) is 11.5 Å². The average Bonchev–Trinajstić information content (AvgIpc) is 2.57. The molecule has 2 aliphatic rings. The van der Waals surface area contributed by atoms with Crippen molar-refractivity contribution < 1.29 is 19.4 Å². The Kier molecular flexibility index (Phi) is 6.32. The molecule has 24 heavy (non-hydrogen) atoms. The number of nitrogens with one attached hydrogen (secondary N) is 2. The highest BCUT2D eigenvalue weighted by Gasteiger charge is 2.44. The van der Waals surface area contributed by atoms with Gasteiger partial charge in [-0.15, -0.1) is 12.4 Å². The van der Waals surface area contributed by atoms with E-state index in [0.717, 1.165) is 45.4 Å². The topological polar surface area (TPSA) is 79.8 Å². The Morgan fingerprint density at radius 2 is 2.17 bits per heavy atom. The zero-order valence-corrected chi connectivity index (χ0v) is 14.7. The second-order valence-electron chi connectivity index (χ2n) is 6.19. The van der Waals surface area contributed by atoms with Crippen molar-refractivity contribution in [1.82, 2.24) is 10.6 Å². The summed E-state index contributed by atoms with van der Waals surface area (Å²) >= 11 is 0. The maximum absolute atomic E-state index is 12.7. The Morgan fingerprint density at radius 1 is 1.42 bits per heavy atom. The molecule has 1 aromatic carbocycles. The fourth-order valence-corrected chi connectivity index (χ4v) is 3.62. The molecule has 1 aromatic rings. The monoisotopic (exact) mass is 356 g/mol. The van der Waals surface area contributed by atoms with E-state index in [1.54, 1.807) is 12.1 Å². The van der Waals surface area contributed by atoms with Gasteiger partial charge in [-0.3, -0.25) is 4.79 Å². The lowest BCUT2D eigenvalue weighted by atomic mass is 9.80. The molecule has 0 radical (unpaired) electrons. The summed E-state index contributed by atoms with van der Waals surface area (Å²) in [7, 11) is 1.49. The van der Waals surface area contributed by atoms with Crippen LogP contribution in [-0.2, 0) is 4.74 Å². The van der Waals surface area contributed by atoms with Crippen LogP contribution < -0.4 is 15.4 Å². The largest absolute Gasteiger partial charge is 0.507 e. The Hall–Kier alpha value is -1.50. The molecule has 3 rings (SSSR count). The maximum atomic E-state index is 12.7. The normalized spacial score (nSPS) is 22.5. The van der Waals surface area contributed by atoms with Crippen molar-refractivity contribution >= 4 is 18.3 Å². The van der Waals surface area contributed by atoms with Gasteiger partial charge < -0.3 is 25.2 Å². The van der Waals surface area contributed by atoms with Crippen LogP contribution in [-0.4, -0.2) is 49.5 Å². The highest BCUT2D eigenvalue weighted by Crippen LogP contribution is 2.34. The van der Waals surface area contributed by atoms with Gasteiger partial charge in [0.05, 0.1) is 18.8 Å². The van der Waals surface area contributed by atoms with Gasteiger partial charge in [-0.1, -0.05) is 6.07 Å². The van der Waals surface area contributed by atoms with Crippen molar-refractivity contribution in [2.45, 2.75) is 37.3 Å². The number of carbonyl (C=O) groups is 1. The molecular formula is C17H25ClN2O4. The lowest BCUT2D eigenvalue weighted by Gasteiger charge is -2.46. The van der Waals surface area contributed by atoms with Gasteiger partial charge in [-0.2, -0.15) is 0 Å². The summed E-state index contributed by atoms with van der Waals surface area (Å²) in [5.41, 5.74) is -0.110. The molecule has 2 saturated heterocycles. The Labute approximate surface area is 148 Å². The van der Waals surface area contributed by atoms with E-state index in [2.05, 4.69) is 10.6 Å². The Bertz CT molecular complexity index is 567. The molecule has 1 spiro atoms. The van der Waals surface area contributed by atoms with Crippen LogP contribution in [0.25, 0.3) is 0 Å². The summed E-state index contributed by atoms with van der Waals surface area (Å²) in [6, 6.07) is 4.78. The van der Waals surface area contributed by atoms with Crippen molar-refractivity contribution in [2.24, 2.45) is 0 Å². The summed E-state index contributed by atoms with van der Waals surface area (Å²) in [5.74, 6) is -0.00937. The molecule has 2 heterocycles. The molecule has 0 saturated carbocycles. The minimum atomic E-state index is -0.312. The van der Waals surface area contributed by atoms with Crippen LogP contribution in [0.15, 0.2) is 18.2 Å². The number of phenolic OH excluding ortho intramolecular Hbond substituents is 1. The molecular weight excluding hydrogens is 332 g/mol. The van der Waals surface area contributed by atoms with Gasteiger partial charge in [0.1, 0.15) is 17.1 Å². The Balaban J connectivity index is 0.00000208. The number of amides is 1. The van der Waals surface area contributed by atoms with Gasteiger partial charge in [-0.05, 0) is 50.9 Å². The molecule has 0 bridgehead atoms. The molecule has 0 aromatic heterocycles. The zero-order chi connectivity index (χ0) is 16.3. The highest BCUT2D eigenvalue weighted by molar-refractivity contribution is 5.99. The molecule has 2 fully saturated rings. The van der Waals surface area contributed by atoms with Crippen LogP contribution in [0.2, 0.25) is 0 Å². The van der Waals surface area contributed by atoms with Gasteiger partial charge in [0.15, 0.2) is 0 Å². The third-order valence-corrected chi connectivity index (χ3v) is 4.87. The number of ether oxygens (including phenoxy) is 2. The third-order valence-electron chi connectivity index (χ3n) is 4.87. The van der Waals surface area contributed by atoms with Gasteiger partial charge in [-0.25, -0.2) is 0 Å². The van der Waals surface area contributed by atoms with E-state index < -0.39 is 0 Å². The Morgan fingerprint density at radius 3 is 2.88 bits per heavy atom. The molecule has 3 N–H and O–H groups in total. The van der Waals surface area contributed by atoms with E-state index >= 15 is 0 Å². The lowest BCUT2D eigenvalue weighted by Crippen LogP contribution is -2.60. The number of piperidine rings is 1. The number of phenols is 1. The van der Waals surface area contributed by atoms with Gasteiger partial charge in [0, 0.05) is 6.61 Å². The number of methoxy groups -OCH3 is 1. The van der Waals surface area contributed by atoms with Crippen LogP contribution in [0.1, 0.15) is 36.0 Å².